The molecule has 1 atom stereocenters. The molecule has 1 amide bonds. The van der Waals surface area contributed by atoms with Crippen LogP contribution in [0.5, 0.6) is 0 Å². The van der Waals surface area contributed by atoms with Crippen LogP contribution in [0.1, 0.15) is 30.4 Å². The number of nitrogens with one attached hydrogen (secondary N) is 2. The minimum atomic E-state index is -0.0167. The quantitative estimate of drug-likeness (QED) is 0.706. The molecule has 26 heavy (non-hydrogen) atoms. The Morgan fingerprint density at radius 3 is 3.08 bits per heavy atom. The highest BCUT2D eigenvalue weighted by Gasteiger charge is 2.16. The number of aromatic nitrogens is 2. The summed E-state index contributed by atoms with van der Waals surface area (Å²) in [5.74, 6) is 0.314. The lowest BCUT2D eigenvalue weighted by Gasteiger charge is -2.08. The molecule has 0 bridgehead atoms. The Morgan fingerprint density at radius 2 is 2.19 bits per heavy atom. The first-order chi connectivity index (χ1) is 12.8. The number of benzene rings is 1. The molecule has 1 aromatic carbocycles. The molecule has 138 valence electrons. The van der Waals surface area contributed by atoms with Gasteiger partial charge in [0.05, 0.1) is 11.9 Å². The first kappa shape index (κ1) is 17.8. The normalized spacial score (nSPS) is 18.7. The number of aryl methyl sites for hydroxylation is 2. The van der Waals surface area contributed by atoms with Crippen molar-refractivity contribution in [3.05, 3.63) is 29.3 Å². The van der Waals surface area contributed by atoms with Crippen LogP contribution in [0.3, 0.4) is 0 Å². The van der Waals surface area contributed by atoms with Gasteiger partial charge in [-0.25, -0.2) is 0 Å². The maximum Gasteiger partial charge on any atom is 0.234 e. The molecule has 8 heteroatoms. The number of amides is 1. The van der Waals surface area contributed by atoms with Crippen molar-refractivity contribution < 1.29 is 9.53 Å². The van der Waals surface area contributed by atoms with Gasteiger partial charge in [0, 0.05) is 18.8 Å². The molecule has 1 saturated heterocycles. The number of carbonyl (C=O) groups excluding carboxylic acids is 1. The molecule has 0 saturated carbocycles. The highest BCUT2D eigenvalue weighted by molar-refractivity contribution is 8.01. The lowest BCUT2D eigenvalue weighted by Crippen LogP contribution is -2.18. The minimum Gasteiger partial charge on any atom is -0.376 e. The summed E-state index contributed by atoms with van der Waals surface area (Å²) in [5.41, 5.74) is 3.66. The predicted molar refractivity (Wildman–Crippen MR) is 105 cm³/mol. The molecule has 2 heterocycles. The Labute approximate surface area is 161 Å². The van der Waals surface area contributed by atoms with Crippen LogP contribution >= 0.6 is 23.1 Å². The second-order valence-electron chi connectivity index (χ2n) is 6.56. The van der Waals surface area contributed by atoms with E-state index in [-0.39, 0.29) is 12.0 Å². The van der Waals surface area contributed by atoms with E-state index in [0.29, 0.717) is 5.75 Å². The summed E-state index contributed by atoms with van der Waals surface area (Å²) >= 11 is 2.89. The first-order valence-corrected chi connectivity index (χ1v) is 10.8. The van der Waals surface area contributed by atoms with Gasteiger partial charge in [-0.1, -0.05) is 29.2 Å². The average molecular weight is 391 g/mol. The molecule has 0 spiro atoms. The van der Waals surface area contributed by atoms with Gasteiger partial charge in [0.25, 0.3) is 0 Å². The fourth-order valence-electron chi connectivity index (χ4n) is 3.32. The Balaban J connectivity index is 1.23. The van der Waals surface area contributed by atoms with Crippen LogP contribution in [0.4, 0.5) is 10.8 Å². The molecule has 1 aliphatic heterocycles. The van der Waals surface area contributed by atoms with Crippen molar-refractivity contribution in [2.24, 2.45) is 0 Å². The monoisotopic (exact) mass is 390 g/mol. The number of carbonyl (C=O) groups is 1. The predicted octanol–water partition coefficient (Wildman–Crippen LogP) is 3.35. The number of thioether (sulfide) groups is 1. The van der Waals surface area contributed by atoms with Gasteiger partial charge in [-0.15, -0.1) is 10.2 Å². The summed E-state index contributed by atoms with van der Waals surface area (Å²) in [6.07, 6.45) is 5.97. The highest BCUT2D eigenvalue weighted by atomic mass is 32.2. The first-order valence-electron chi connectivity index (χ1n) is 9.00. The van der Waals surface area contributed by atoms with Crippen molar-refractivity contribution in [1.82, 2.24) is 10.2 Å². The molecule has 4 rings (SSSR count). The molecule has 6 nitrogen and oxygen atoms in total. The SMILES string of the molecule is O=C(CSc1nnc(NC[C@@H]2CCCO2)s1)Nc1ccc2c(c1)CCC2. The average Bonchev–Trinajstić information content (AvgIpc) is 3.38. The smallest absolute Gasteiger partial charge is 0.234 e. The van der Waals surface area contributed by atoms with Crippen molar-refractivity contribution >= 4 is 39.8 Å². The van der Waals surface area contributed by atoms with E-state index in [0.717, 1.165) is 54.0 Å². The molecule has 2 aromatic rings. The van der Waals surface area contributed by atoms with Gasteiger partial charge >= 0.3 is 0 Å². The third-order valence-corrected chi connectivity index (χ3v) is 6.63. The molecular formula is C18H22N4O2S2. The van der Waals surface area contributed by atoms with E-state index in [4.69, 9.17) is 4.74 Å². The lowest BCUT2D eigenvalue weighted by molar-refractivity contribution is -0.113. The van der Waals surface area contributed by atoms with Crippen LogP contribution in [0.15, 0.2) is 22.5 Å². The number of ether oxygens (including phenoxy) is 1. The van der Waals surface area contributed by atoms with Crippen molar-refractivity contribution in [2.45, 2.75) is 42.5 Å². The summed E-state index contributed by atoms with van der Waals surface area (Å²) in [6.45, 7) is 1.61. The van der Waals surface area contributed by atoms with Crippen LogP contribution < -0.4 is 10.6 Å². The van der Waals surface area contributed by atoms with E-state index in [1.807, 2.05) is 6.07 Å². The van der Waals surface area contributed by atoms with Gasteiger partial charge < -0.3 is 15.4 Å². The highest BCUT2D eigenvalue weighted by Crippen LogP contribution is 2.27. The van der Waals surface area contributed by atoms with E-state index in [1.54, 1.807) is 0 Å². The Morgan fingerprint density at radius 1 is 1.27 bits per heavy atom. The standard InChI is InChI=1S/C18H22N4O2S2/c23-16(20-14-7-6-12-3-1-4-13(12)9-14)11-25-18-22-21-17(26-18)19-10-15-5-2-8-24-15/h6-7,9,15H,1-5,8,10-11H2,(H,19,21)(H,20,23)/t15-/m0/s1. The molecule has 0 radical (unpaired) electrons. The summed E-state index contributed by atoms with van der Waals surface area (Å²) < 4.78 is 6.38. The maximum atomic E-state index is 12.2. The van der Waals surface area contributed by atoms with Crippen LogP contribution in [-0.4, -0.2) is 41.1 Å². The zero-order valence-electron chi connectivity index (χ0n) is 14.5. The van der Waals surface area contributed by atoms with E-state index in [9.17, 15) is 4.79 Å². The molecular weight excluding hydrogens is 368 g/mol. The van der Waals surface area contributed by atoms with Crippen molar-refractivity contribution in [2.75, 3.05) is 29.5 Å². The zero-order valence-corrected chi connectivity index (χ0v) is 16.1. The van der Waals surface area contributed by atoms with Gasteiger partial charge in [-0.05, 0) is 55.4 Å². The lowest BCUT2D eigenvalue weighted by atomic mass is 10.1. The third kappa shape index (κ3) is 4.55. The summed E-state index contributed by atoms with van der Waals surface area (Å²) in [6, 6.07) is 6.22. The summed E-state index contributed by atoms with van der Waals surface area (Å²) in [7, 11) is 0. The summed E-state index contributed by atoms with van der Waals surface area (Å²) in [4.78, 5) is 12.2. The van der Waals surface area contributed by atoms with Crippen molar-refractivity contribution in [3.63, 3.8) is 0 Å². The van der Waals surface area contributed by atoms with E-state index >= 15 is 0 Å². The Hall–Kier alpha value is -1.64. The molecule has 1 aliphatic carbocycles. The molecule has 1 fully saturated rings. The molecule has 2 aliphatic rings. The van der Waals surface area contributed by atoms with Crippen molar-refractivity contribution in [1.29, 1.82) is 0 Å². The van der Waals surface area contributed by atoms with Crippen molar-refractivity contribution in [3.8, 4) is 0 Å². The largest absolute Gasteiger partial charge is 0.376 e. The van der Waals surface area contributed by atoms with Crippen LogP contribution in [0.25, 0.3) is 0 Å². The Bertz CT molecular complexity index is 774. The number of anilines is 2. The number of nitrogens with zero attached hydrogens (tertiary/aromatic N) is 2. The molecule has 2 N–H and O–H groups in total. The summed E-state index contributed by atoms with van der Waals surface area (Å²) in [5, 5.41) is 15.3. The van der Waals surface area contributed by atoms with Gasteiger partial charge in [0.1, 0.15) is 0 Å². The molecule has 1 aromatic heterocycles. The van der Waals surface area contributed by atoms with Crippen LogP contribution in [-0.2, 0) is 22.4 Å². The van der Waals surface area contributed by atoms with Gasteiger partial charge in [0.15, 0.2) is 4.34 Å². The van der Waals surface area contributed by atoms with E-state index in [2.05, 4.69) is 33.0 Å². The number of hydrogen-bond donors (Lipinski definition) is 2. The maximum absolute atomic E-state index is 12.2. The zero-order chi connectivity index (χ0) is 17.8. The Kier molecular flexibility index (Phi) is 5.72. The van der Waals surface area contributed by atoms with Crippen LogP contribution in [0, 0.1) is 0 Å². The van der Waals surface area contributed by atoms with Gasteiger partial charge in [-0.3, -0.25) is 4.79 Å². The van der Waals surface area contributed by atoms with E-state index in [1.165, 1.54) is 40.6 Å². The third-order valence-electron chi connectivity index (χ3n) is 4.62. The number of fused-ring (bicyclic) bond motifs is 1. The van der Waals surface area contributed by atoms with E-state index < -0.39 is 0 Å². The topological polar surface area (TPSA) is 76.1 Å². The minimum absolute atomic E-state index is 0.0167. The van der Waals surface area contributed by atoms with Gasteiger partial charge in [-0.2, -0.15) is 0 Å². The van der Waals surface area contributed by atoms with Gasteiger partial charge in [0.2, 0.25) is 11.0 Å². The number of hydrogen-bond acceptors (Lipinski definition) is 7. The second-order valence-corrected chi connectivity index (χ2v) is 8.76. The fourth-order valence-corrected chi connectivity index (χ4v) is 4.88. The molecule has 0 unspecified atom stereocenters. The van der Waals surface area contributed by atoms with Crippen LogP contribution in [0.2, 0.25) is 0 Å². The fraction of sp³-hybridized carbons (Fsp3) is 0.500. The number of rotatable bonds is 7. The second kappa shape index (κ2) is 8.37.